The van der Waals surface area contributed by atoms with Crippen LogP contribution in [0.1, 0.15) is 11.1 Å². The third-order valence-corrected chi connectivity index (χ3v) is 2.27. The van der Waals surface area contributed by atoms with Crippen molar-refractivity contribution in [2.75, 3.05) is 5.73 Å². The van der Waals surface area contributed by atoms with Gasteiger partial charge in [0.1, 0.15) is 18.2 Å². The molecule has 2 rings (SSSR count). The number of ether oxygens (including phenoxy) is 1. The van der Waals surface area contributed by atoms with Gasteiger partial charge in [-0.15, -0.1) is 0 Å². The van der Waals surface area contributed by atoms with Crippen LogP contribution in [0.4, 0.5) is 5.82 Å². The van der Waals surface area contributed by atoms with Crippen LogP contribution in [-0.4, -0.2) is 4.98 Å². The molecular formula is C13H14N2O. The first kappa shape index (κ1) is 10.5. The van der Waals surface area contributed by atoms with E-state index in [0.717, 1.165) is 11.3 Å². The first-order valence-electron chi connectivity index (χ1n) is 5.14. The van der Waals surface area contributed by atoms with Crippen molar-refractivity contribution in [2.45, 2.75) is 13.5 Å². The molecule has 0 saturated heterocycles. The Balaban J connectivity index is 1.99. The molecule has 16 heavy (non-hydrogen) atoms. The van der Waals surface area contributed by atoms with Gasteiger partial charge in [0.05, 0.1) is 0 Å². The standard InChI is InChI=1S/C13H14N2O/c1-10-2-4-12(5-3-10)16-9-11-6-7-15-13(14)8-11/h2-8H,9H2,1H3,(H2,14,15). The molecule has 2 aromatic rings. The van der Waals surface area contributed by atoms with E-state index in [1.165, 1.54) is 5.56 Å². The average Bonchev–Trinajstić information content (AvgIpc) is 2.28. The second kappa shape index (κ2) is 4.66. The summed E-state index contributed by atoms with van der Waals surface area (Å²) < 4.78 is 5.62. The zero-order chi connectivity index (χ0) is 11.4. The van der Waals surface area contributed by atoms with Gasteiger partial charge < -0.3 is 10.5 Å². The highest BCUT2D eigenvalue weighted by Gasteiger charge is 1.96. The number of pyridine rings is 1. The Morgan fingerprint density at radius 1 is 1.19 bits per heavy atom. The van der Waals surface area contributed by atoms with Gasteiger partial charge in [0.2, 0.25) is 0 Å². The van der Waals surface area contributed by atoms with E-state index in [0.29, 0.717) is 12.4 Å². The van der Waals surface area contributed by atoms with Crippen molar-refractivity contribution in [2.24, 2.45) is 0 Å². The van der Waals surface area contributed by atoms with Crippen LogP contribution in [0.3, 0.4) is 0 Å². The Labute approximate surface area is 94.9 Å². The Bertz CT molecular complexity index is 466. The van der Waals surface area contributed by atoms with E-state index in [9.17, 15) is 0 Å². The van der Waals surface area contributed by atoms with Gasteiger partial charge >= 0.3 is 0 Å². The molecule has 2 N–H and O–H groups in total. The lowest BCUT2D eigenvalue weighted by Crippen LogP contribution is -1.97. The monoisotopic (exact) mass is 214 g/mol. The second-order valence-corrected chi connectivity index (χ2v) is 3.69. The molecule has 0 aliphatic heterocycles. The van der Waals surface area contributed by atoms with Crippen molar-refractivity contribution in [3.05, 3.63) is 53.7 Å². The first-order valence-corrected chi connectivity index (χ1v) is 5.14. The summed E-state index contributed by atoms with van der Waals surface area (Å²) in [5, 5.41) is 0. The van der Waals surface area contributed by atoms with Crippen molar-refractivity contribution in [1.29, 1.82) is 0 Å². The largest absolute Gasteiger partial charge is 0.489 e. The number of hydrogen-bond donors (Lipinski definition) is 1. The maximum Gasteiger partial charge on any atom is 0.123 e. The van der Waals surface area contributed by atoms with Gasteiger partial charge in [-0.1, -0.05) is 17.7 Å². The molecule has 0 aliphatic rings. The van der Waals surface area contributed by atoms with Gasteiger partial charge in [0.25, 0.3) is 0 Å². The highest BCUT2D eigenvalue weighted by atomic mass is 16.5. The van der Waals surface area contributed by atoms with Crippen LogP contribution < -0.4 is 10.5 Å². The van der Waals surface area contributed by atoms with Crippen molar-refractivity contribution in [1.82, 2.24) is 4.98 Å². The minimum atomic E-state index is 0.510. The molecule has 0 aliphatic carbocycles. The minimum Gasteiger partial charge on any atom is -0.489 e. The fourth-order valence-corrected chi connectivity index (χ4v) is 1.39. The van der Waals surface area contributed by atoms with E-state index >= 15 is 0 Å². The summed E-state index contributed by atoms with van der Waals surface area (Å²) >= 11 is 0. The number of benzene rings is 1. The van der Waals surface area contributed by atoms with Gasteiger partial charge in [0.15, 0.2) is 0 Å². The van der Waals surface area contributed by atoms with Crippen LogP contribution >= 0.6 is 0 Å². The Morgan fingerprint density at radius 3 is 2.62 bits per heavy atom. The van der Waals surface area contributed by atoms with Crippen LogP contribution in [0.5, 0.6) is 5.75 Å². The Hall–Kier alpha value is -2.03. The van der Waals surface area contributed by atoms with Crippen LogP contribution in [0.2, 0.25) is 0 Å². The molecule has 0 atom stereocenters. The summed E-state index contributed by atoms with van der Waals surface area (Å²) in [6.07, 6.45) is 1.68. The third kappa shape index (κ3) is 2.73. The van der Waals surface area contributed by atoms with E-state index in [-0.39, 0.29) is 0 Å². The molecule has 3 nitrogen and oxygen atoms in total. The zero-order valence-electron chi connectivity index (χ0n) is 9.18. The highest BCUT2D eigenvalue weighted by Crippen LogP contribution is 2.14. The van der Waals surface area contributed by atoms with Crippen molar-refractivity contribution in [3.63, 3.8) is 0 Å². The average molecular weight is 214 g/mol. The second-order valence-electron chi connectivity index (χ2n) is 3.69. The normalized spacial score (nSPS) is 10.1. The smallest absolute Gasteiger partial charge is 0.123 e. The summed E-state index contributed by atoms with van der Waals surface area (Å²) in [5.41, 5.74) is 7.82. The number of nitrogen functional groups attached to an aromatic ring is 1. The molecule has 0 spiro atoms. The van der Waals surface area contributed by atoms with Crippen LogP contribution in [0.25, 0.3) is 0 Å². The molecule has 1 heterocycles. The lowest BCUT2D eigenvalue weighted by Gasteiger charge is -2.06. The lowest BCUT2D eigenvalue weighted by molar-refractivity contribution is 0.306. The van der Waals surface area contributed by atoms with Crippen molar-refractivity contribution in [3.8, 4) is 5.75 Å². The van der Waals surface area contributed by atoms with Gasteiger partial charge in [-0.2, -0.15) is 0 Å². The maximum absolute atomic E-state index is 5.62. The molecule has 0 saturated carbocycles. The topological polar surface area (TPSA) is 48.1 Å². The molecule has 0 radical (unpaired) electrons. The number of hydrogen-bond acceptors (Lipinski definition) is 3. The number of rotatable bonds is 3. The molecule has 0 unspecified atom stereocenters. The summed E-state index contributed by atoms with van der Waals surface area (Å²) in [6, 6.07) is 11.7. The van der Waals surface area contributed by atoms with Gasteiger partial charge in [0, 0.05) is 6.20 Å². The number of aryl methyl sites for hydroxylation is 1. The minimum absolute atomic E-state index is 0.510. The molecule has 0 fully saturated rings. The maximum atomic E-state index is 5.62. The SMILES string of the molecule is Cc1ccc(OCc2ccnc(N)c2)cc1. The van der Waals surface area contributed by atoms with Crippen LogP contribution in [0, 0.1) is 6.92 Å². The summed E-state index contributed by atoms with van der Waals surface area (Å²) in [4.78, 5) is 3.93. The molecule has 82 valence electrons. The van der Waals surface area contributed by atoms with E-state index < -0.39 is 0 Å². The molecular weight excluding hydrogens is 200 g/mol. The summed E-state index contributed by atoms with van der Waals surface area (Å²) in [5.74, 6) is 1.38. The Morgan fingerprint density at radius 2 is 1.94 bits per heavy atom. The van der Waals surface area contributed by atoms with Gasteiger partial charge in [-0.3, -0.25) is 0 Å². The fourth-order valence-electron chi connectivity index (χ4n) is 1.39. The van der Waals surface area contributed by atoms with Gasteiger partial charge in [-0.05, 0) is 36.8 Å². The Kier molecular flexibility index (Phi) is 3.05. The molecule has 0 bridgehead atoms. The first-order chi connectivity index (χ1) is 7.74. The number of nitrogens with zero attached hydrogens (tertiary/aromatic N) is 1. The summed E-state index contributed by atoms with van der Waals surface area (Å²) in [7, 11) is 0. The van der Waals surface area contributed by atoms with E-state index in [4.69, 9.17) is 10.5 Å². The fraction of sp³-hybridized carbons (Fsp3) is 0.154. The quantitative estimate of drug-likeness (QED) is 0.854. The van der Waals surface area contributed by atoms with E-state index in [1.807, 2.05) is 43.3 Å². The number of aromatic nitrogens is 1. The number of nitrogens with two attached hydrogens (primary N) is 1. The molecule has 1 aromatic heterocycles. The zero-order valence-corrected chi connectivity index (χ0v) is 9.18. The third-order valence-electron chi connectivity index (χ3n) is 2.27. The predicted molar refractivity (Wildman–Crippen MR) is 64.2 cm³/mol. The van der Waals surface area contributed by atoms with Crippen LogP contribution in [0.15, 0.2) is 42.6 Å². The molecule has 1 aromatic carbocycles. The lowest BCUT2D eigenvalue weighted by atomic mass is 10.2. The van der Waals surface area contributed by atoms with Crippen molar-refractivity contribution >= 4 is 5.82 Å². The number of anilines is 1. The van der Waals surface area contributed by atoms with E-state index in [2.05, 4.69) is 4.98 Å². The van der Waals surface area contributed by atoms with Gasteiger partial charge in [-0.25, -0.2) is 4.98 Å². The molecule has 0 amide bonds. The van der Waals surface area contributed by atoms with Crippen LogP contribution in [-0.2, 0) is 6.61 Å². The molecule has 3 heteroatoms. The summed E-state index contributed by atoms with van der Waals surface area (Å²) in [6.45, 7) is 2.56. The van der Waals surface area contributed by atoms with Crippen molar-refractivity contribution < 1.29 is 4.74 Å². The predicted octanol–water partition coefficient (Wildman–Crippen LogP) is 2.55. The van der Waals surface area contributed by atoms with E-state index in [1.54, 1.807) is 6.20 Å². The highest BCUT2D eigenvalue weighted by molar-refractivity contribution is 5.32.